The molecule has 3 aromatic rings. The third kappa shape index (κ3) is 5.14. The highest BCUT2D eigenvalue weighted by molar-refractivity contribution is 6.06. The summed E-state index contributed by atoms with van der Waals surface area (Å²) in [4.78, 5) is 38.1. The van der Waals surface area contributed by atoms with Crippen molar-refractivity contribution in [2.45, 2.75) is 51.9 Å². The highest BCUT2D eigenvalue weighted by Gasteiger charge is 2.36. The second-order valence-corrected chi connectivity index (χ2v) is 8.62. The quantitative estimate of drug-likeness (QED) is 0.427. The number of phenols is 1. The number of benzene rings is 2. The lowest BCUT2D eigenvalue weighted by Crippen LogP contribution is -2.52. The summed E-state index contributed by atoms with van der Waals surface area (Å²) in [6, 6.07) is 8.64. The van der Waals surface area contributed by atoms with Crippen molar-refractivity contribution in [3.63, 3.8) is 0 Å². The summed E-state index contributed by atoms with van der Waals surface area (Å²) in [6.45, 7) is 6.15. The maximum absolute atomic E-state index is 13.4. The van der Waals surface area contributed by atoms with E-state index in [9.17, 15) is 37.8 Å². The number of halogens is 3. The molecule has 0 radical (unpaired) electrons. The van der Waals surface area contributed by atoms with Crippen molar-refractivity contribution in [2.75, 3.05) is 0 Å². The Hall–Kier alpha value is -4.02. The number of nitrogens with one attached hydrogen (secondary N) is 1. The molecule has 192 valence electrons. The van der Waals surface area contributed by atoms with E-state index in [2.05, 4.69) is 10.1 Å². The molecule has 0 bridgehead atoms. The van der Waals surface area contributed by atoms with Gasteiger partial charge in [0.1, 0.15) is 17.0 Å². The van der Waals surface area contributed by atoms with Crippen LogP contribution >= 0.6 is 0 Å². The Balaban J connectivity index is 2.07. The summed E-state index contributed by atoms with van der Waals surface area (Å²) < 4.78 is 42.5. The Morgan fingerprint density at radius 2 is 1.72 bits per heavy atom. The number of hydrogen-bond acceptors (Lipinski definition) is 5. The fraction of sp³-hybridized carbons (Fsp3) is 0.320. The molecule has 0 aliphatic rings. The van der Waals surface area contributed by atoms with Crippen molar-refractivity contribution in [1.29, 1.82) is 0 Å². The van der Waals surface area contributed by atoms with Crippen molar-refractivity contribution in [2.24, 2.45) is 0 Å². The lowest BCUT2D eigenvalue weighted by molar-refractivity contribution is -0.274. The number of carbonyl (C=O) groups is 3. The number of carboxylic acid groups (broad SMARTS) is 1. The average molecular weight is 506 g/mol. The predicted molar refractivity (Wildman–Crippen MR) is 124 cm³/mol. The van der Waals surface area contributed by atoms with Gasteiger partial charge in [-0.05, 0) is 75.2 Å². The summed E-state index contributed by atoms with van der Waals surface area (Å²) in [5, 5.41) is 22.5. The molecule has 2 unspecified atom stereocenters. The zero-order valence-corrected chi connectivity index (χ0v) is 19.9. The van der Waals surface area contributed by atoms with Crippen molar-refractivity contribution in [3.05, 3.63) is 59.3 Å². The van der Waals surface area contributed by atoms with E-state index in [0.717, 1.165) is 12.1 Å². The smallest absolute Gasteiger partial charge is 0.508 e. The molecule has 8 nitrogen and oxygen atoms in total. The Kier molecular flexibility index (Phi) is 7.06. The number of alkyl halides is 3. The van der Waals surface area contributed by atoms with Crippen molar-refractivity contribution in [1.82, 2.24) is 9.88 Å². The van der Waals surface area contributed by atoms with E-state index in [0.29, 0.717) is 22.2 Å². The molecule has 2 atom stereocenters. The molecule has 36 heavy (non-hydrogen) atoms. The largest absolute Gasteiger partial charge is 0.573 e. The molecule has 0 fully saturated rings. The normalized spacial score (nSPS) is 14.2. The standard InChI is InChI=1S/C25H25F3N2O6/c1-5-24(4,23(34)35)29-21(32)13(2)20-14(3)30(19-11-8-16(31)12-18(19)20)22(33)15-6-9-17(10-7-15)36-25(26,27)28/h6-13,31H,5H2,1-4H3,(H,29,32)(H,34,35). The van der Waals surface area contributed by atoms with Crippen molar-refractivity contribution in [3.8, 4) is 11.5 Å². The molecule has 1 heterocycles. The van der Waals surface area contributed by atoms with E-state index in [1.165, 1.54) is 41.8 Å². The summed E-state index contributed by atoms with van der Waals surface area (Å²) in [5.74, 6) is -3.87. The van der Waals surface area contributed by atoms with Crippen LogP contribution < -0.4 is 10.1 Å². The monoisotopic (exact) mass is 506 g/mol. The van der Waals surface area contributed by atoms with E-state index in [4.69, 9.17) is 0 Å². The molecule has 0 aliphatic heterocycles. The van der Waals surface area contributed by atoms with E-state index >= 15 is 0 Å². The highest BCUT2D eigenvalue weighted by atomic mass is 19.4. The van der Waals surface area contributed by atoms with Gasteiger partial charge in [0.15, 0.2) is 0 Å². The van der Waals surface area contributed by atoms with Gasteiger partial charge in [0, 0.05) is 16.6 Å². The zero-order chi connectivity index (χ0) is 27.0. The Morgan fingerprint density at radius 3 is 2.25 bits per heavy atom. The fourth-order valence-electron chi connectivity index (χ4n) is 3.97. The molecule has 0 saturated heterocycles. The van der Waals surface area contributed by atoms with Gasteiger partial charge >= 0.3 is 12.3 Å². The summed E-state index contributed by atoms with van der Waals surface area (Å²) in [6.07, 6.45) is -4.74. The van der Waals surface area contributed by atoms with Gasteiger partial charge in [-0.3, -0.25) is 14.2 Å². The van der Waals surface area contributed by atoms with Gasteiger partial charge in [-0.2, -0.15) is 0 Å². The third-order valence-corrected chi connectivity index (χ3v) is 6.18. The van der Waals surface area contributed by atoms with Gasteiger partial charge in [0.05, 0.1) is 11.4 Å². The maximum Gasteiger partial charge on any atom is 0.573 e. The van der Waals surface area contributed by atoms with Gasteiger partial charge < -0.3 is 20.3 Å². The van der Waals surface area contributed by atoms with Crippen LogP contribution in [0.3, 0.4) is 0 Å². The molecule has 0 spiro atoms. The van der Waals surface area contributed by atoms with Crippen LogP contribution in [0.25, 0.3) is 10.9 Å². The lowest BCUT2D eigenvalue weighted by atomic mass is 9.93. The van der Waals surface area contributed by atoms with E-state index in [1.54, 1.807) is 20.8 Å². The molecule has 11 heteroatoms. The Morgan fingerprint density at radius 1 is 1.11 bits per heavy atom. The number of carboxylic acids is 1. The van der Waals surface area contributed by atoms with Crippen LogP contribution in [-0.2, 0) is 9.59 Å². The molecule has 3 rings (SSSR count). The molecule has 1 amide bonds. The summed E-state index contributed by atoms with van der Waals surface area (Å²) in [7, 11) is 0. The van der Waals surface area contributed by atoms with Crippen molar-refractivity contribution < 1.29 is 42.5 Å². The number of amides is 1. The molecular formula is C25H25F3N2O6. The van der Waals surface area contributed by atoms with Crippen LogP contribution in [0.1, 0.15) is 54.7 Å². The van der Waals surface area contributed by atoms with Gasteiger partial charge in [-0.25, -0.2) is 4.79 Å². The topological polar surface area (TPSA) is 118 Å². The summed E-state index contributed by atoms with van der Waals surface area (Å²) in [5.41, 5.74) is -0.335. The van der Waals surface area contributed by atoms with E-state index in [1.807, 2.05) is 0 Å². The molecule has 1 aromatic heterocycles. The fourth-order valence-corrected chi connectivity index (χ4v) is 3.97. The number of fused-ring (bicyclic) bond motifs is 1. The number of rotatable bonds is 7. The Labute approximate surface area is 204 Å². The number of nitrogens with zero attached hydrogens (tertiary/aromatic N) is 1. The third-order valence-electron chi connectivity index (χ3n) is 6.18. The van der Waals surface area contributed by atoms with Gasteiger partial charge in [0.2, 0.25) is 5.91 Å². The van der Waals surface area contributed by atoms with Crippen LogP contribution in [0.15, 0.2) is 42.5 Å². The molecule has 2 aromatic carbocycles. The van der Waals surface area contributed by atoms with Gasteiger partial charge in [-0.15, -0.1) is 13.2 Å². The van der Waals surface area contributed by atoms with Crippen LogP contribution in [0.5, 0.6) is 11.5 Å². The number of carbonyl (C=O) groups excluding carboxylic acids is 2. The minimum absolute atomic E-state index is 0.0608. The Bertz CT molecular complexity index is 1330. The average Bonchev–Trinajstić information content (AvgIpc) is 3.07. The lowest BCUT2D eigenvalue weighted by Gasteiger charge is -2.26. The van der Waals surface area contributed by atoms with Crippen LogP contribution in [0, 0.1) is 6.92 Å². The maximum atomic E-state index is 13.4. The molecule has 0 saturated carbocycles. The molecule has 0 aliphatic carbocycles. The van der Waals surface area contributed by atoms with Gasteiger partial charge in [0.25, 0.3) is 5.91 Å². The van der Waals surface area contributed by atoms with E-state index < -0.39 is 41.4 Å². The second-order valence-electron chi connectivity index (χ2n) is 8.62. The summed E-state index contributed by atoms with van der Waals surface area (Å²) >= 11 is 0. The first-order chi connectivity index (χ1) is 16.7. The number of aromatic nitrogens is 1. The van der Waals surface area contributed by atoms with Crippen LogP contribution in [0.2, 0.25) is 0 Å². The first-order valence-corrected chi connectivity index (χ1v) is 11.0. The highest BCUT2D eigenvalue weighted by Crippen LogP contribution is 2.35. The zero-order valence-electron chi connectivity index (χ0n) is 19.9. The number of aliphatic carboxylic acids is 1. The number of aromatic hydroxyl groups is 1. The first-order valence-electron chi connectivity index (χ1n) is 11.0. The number of phenolic OH excluding ortho intramolecular Hbond substituents is 1. The number of ether oxygens (including phenoxy) is 1. The second kappa shape index (κ2) is 9.56. The van der Waals surface area contributed by atoms with Crippen LogP contribution in [0.4, 0.5) is 13.2 Å². The van der Waals surface area contributed by atoms with Crippen LogP contribution in [-0.4, -0.2) is 44.5 Å². The SMILES string of the molecule is CCC(C)(NC(=O)C(C)c1c(C)n(C(=O)c2ccc(OC(F)(F)F)cc2)c2ccc(O)cc12)C(=O)O. The minimum Gasteiger partial charge on any atom is -0.508 e. The van der Waals surface area contributed by atoms with Gasteiger partial charge in [-0.1, -0.05) is 6.92 Å². The molecular weight excluding hydrogens is 481 g/mol. The number of hydrogen-bond donors (Lipinski definition) is 3. The minimum atomic E-state index is -4.87. The van der Waals surface area contributed by atoms with Crippen molar-refractivity contribution >= 4 is 28.7 Å². The van der Waals surface area contributed by atoms with E-state index in [-0.39, 0.29) is 17.7 Å². The predicted octanol–water partition coefficient (Wildman–Crippen LogP) is 4.72. The molecule has 3 N–H and O–H groups in total. The first kappa shape index (κ1) is 26.6.